The third-order valence-corrected chi connectivity index (χ3v) is 4.26. The van der Waals surface area contributed by atoms with Crippen LogP contribution < -0.4 is 5.32 Å². The van der Waals surface area contributed by atoms with Crippen LogP contribution in [0.3, 0.4) is 0 Å². The number of aryl methyl sites for hydroxylation is 2. The summed E-state index contributed by atoms with van der Waals surface area (Å²) in [6.45, 7) is 5.86. The molecule has 0 bridgehead atoms. The van der Waals surface area contributed by atoms with Crippen LogP contribution in [-0.2, 0) is 0 Å². The number of aromatic nitrogens is 1. The lowest BCUT2D eigenvalue weighted by atomic mass is 10.1. The van der Waals surface area contributed by atoms with Gasteiger partial charge in [-0.3, -0.25) is 4.79 Å². The van der Waals surface area contributed by atoms with Crippen LogP contribution in [0.5, 0.6) is 0 Å². The predicted octanol–water partition coefficient (Wildman–Crippen LogP) is 4.01. The zero-order valence-corrected chi connectivity index (χ0v) is 13.4. The van der Waals surface area contributed by atoms with E-state index < -0.39 is 0 Å². The number of hydrogen-bond acceptors (Lipinski definition) is 3. The first-order chi connectivity index (χ1) is 8.95. The normalized spacial score (nSPS) is 12.2. The van der Waals surface area contributed by atoms with Crippen molar-refractivity contribution in [2.75, 3.05) is 0 Å². The van der Waals surface area contributed by atoms with E-state index in [0.717, 1.165) is 20.7 Å². The third-order valence-electron chi connectivity index (χ3n) is 2.66. The van der Waals surface area contributed by atoms with Gasteiger partial charge in [0.1, 0.15) is 5.01 Å². The van der Waals surface area contributed by atoms with Gasteiger partial charge in [0.2, 0.25) is 0 Å². The van der Waals surface area contributed by atoms with E-state index in [4.69, 9.17) is 0 Å². The Morgan fingerprint density at radius 1 is 1.37 bits per heavy atom. The van der Waals surface area contributed by atoms with Crippen molar-refractivity contribution in [3.8, 4) is 0 Å². The van der Waals surface area contributed by atoms with Gasteiger partial charge in [-0.1, -0.05) is 15.9 Å². The molecule has 100 valence electrons. The fraction of sp³-hybridized carbons (Fsp3) is 0.286. The Bertz CT molecular complexity index is 589. The number of thiazole rings is 1. The molecule has 1 atom stereocenters. The zero-order valence-electron chi connectivity index (χ0n) is 11.0. The number of rotatable bonds is 3. The predicted molar refractivity (Wildman–Crippen MR) is 81.6 cm³/mol. The second-order valence-corrected chi connectivity index (χ2v) is 6.34. The van der Waals surface area contributed by atoms with E-state index in [1.165, 1.54) is 0 Å². The average Bonchev–Trinajstić information content (AvgIpc) is 2.74. The number of amides is 1. The Hall–Kier alpha value is -1.20. The van der Waals surface area contributed by atoms with Gasteiger partial charge < -0.3 is 5.32 Å². The number of carbonyl (C=O) groups is 1. The smallest absolute Gasteiger partial charge is 0.251 e. The molecule has 1 heterocycles. The summed E-state index contributed by atoms with van der Waals surface area (Å²) in [4.78, 5) is 16.6. The summed E-state index contributed by atoms with van der Waals surface area (Å²) in [6, 6.07) is 5.59. The Balaban J connectivity index is 2.12. The maximum absolute atomic E-state index is 12.2. The van der Waals surface area contributed by atoms with Gasteiger partial charge in [-0.05, 0) is 44.5 Å². The first-order valence-corrected chi connectivity index (χ1v) is 7.63. The van der Waals surface area contributed by atoms with Crippen LogP contribution in [0.4, 0.5) is 0 Å². The molecule has 0 fully saturated rings. The molecule has 3 nitrogen and oxygen atoms in total. The van der Waals surface area contributed by atoms with Crippen LogP contribution in [0.15, 0.2) is 28.1 Å². The SMILES string of the molecule is Cc1cc(Br)cc(C(=O)NC(C)c2nc(C)cs2)c1. The molecule has 0 aliphatic rings. The van der Waals surface area contributed by atoms with Crippen molar-refractivity contribution in [2.24, 2.45) is 0 Å². The first kappa shape index (κ1) is 14.2. The highest BCUT2D eigenvalue weighted by Crippen LogP contribution is 2.19. The van der Waals surface area contributed by atoms with Crippen molar-refractivity contribution < 1.29 is 4.79 Å². The Morgan fingerprint density at radius 2 is 2.11 bits per heavy atom. The van der Waals surface area contributed by atoms with Gasteiger partial charge in [-0.15, -0.1) is 11.3 Å². The van der Waals surface area contributed by atoms with Crippen LogP contribution in [-0.4, -0.2) is 10.9 Å². The van der Waals surface area contributed by atoms with Crippen molar-refractivity contribution in [2.45, 2.75) is 26.8 Å². The molecular weight excluding hydrogens is 324 g/mol. The highest BCUT2D eigenvalue weighted by Gasteiger charge is 2.14. The van der Waals surface area contributed by atoms with Gasteiger partial charge in [0, 0.05) is 21.1 Å². The highest BCUT2D eigenvalue weighted by atomic mass is 79.9. The highest BCUT2D eigenvalue weighted by molar-refractivity contribution is 9.10. The summed E-state index contributed by atoms with van der Waals surface area (Å²) in [6.07, 6.45) is 0. The van der Waals surface area contributed by atoms with Crippen molar-refractivity contribution in [1.82, 2.24) is 10.3 Å². The topological polar surface area (TPSA) is 42.0 Å². The molecule has 0 spiro atoms. The Kier molecular flexibility index (Phi) is 4.37. The number of nitrogens with one attached hydrogen (secondary N) is 1. The molecule has 19 heavy (non-hydrogen) atoms. The lowest BCUT2D eigenvalue weighted by molar-refractivity contribution is 0.0939. The molecule has 0 aliphatic heterocycles. The van der Waals surface area contributed by atoms with Crippen molar-refractivity contribution in [1.29, 1.82) is 0 Å². The maximum atomic E-state index is 12.2. The summed E-state index contributed by atoms with van der Waals surface area (Å²) in [7, 11) is 0. The van der Waals surface area contributed by atoms with Gasteiger partial charge in [0.15, 0.2) is 0 Å². The zero-order chi connectivity index (χ0) is 14.0. The van der Waals surface area contributed by atoms with Gasteiger partial charge in [0.05, 0.1) is 6.04 Å². The molecule has 0 saturated carbocycles. The minimum absolute atomic E-state index is 0.0783. The summed E-state index contributed by atoms with van der Waals surface area (Å²) in [5.74, 6) is -0.0789. The van der Waals surface area contributed by atoms with Crippen LogP contribution >= 0.6 is 27.3 Å². The van der Waals surface area contributed by atoms with E-state index >= 15 is 0 Å². The molecular formula is C14H15BrN2OS. The van der Waals surface area contributed by atoms with E-state index in [0.29, 0.717) is 5.56 Å². The van der Waals surface area contributed by atoms with E-state index in [1.807, 2.05) is 44.4 Å². The molecule has 1 unspecified atom stereocenters. The monoisotopic (exact) mass is 338 g/mol. The standard InChI is InChI=1S/C14H15BrN2OS/c1-8-4-11(6-12(15)5-8)13(18)17-10(3)14-16-9(2)7-19-14/h4-7,10H,1-3H3,(H,17,18). The molecule has 0 radical (unpaired) electrons. The first-order valence-electron chi connectivity index (χ1n) is 5.96. The Labute approximate surface area is 125 Å². The number of benzene rings is 1. The van der Waals surface area contributed by atoms with Gasteiger partial charge in [0.25, 0.3) is 5.91 Å². The van der Waals surface area contributed by atoms with Crippen LogP contribution in [0.25, 0.3) is 0 Å². The lowest BCUT2D eigenvalue weighted by Crippen LogP contribution is -2.26. The number of nitrogens with zero attached hydrogens (tertiary/aromatic N) is 1. The minimum atomic E-state index is -0.0789. The van der Waals surface area contributed by atoms with Crippen LogP contribution in [0.1, 0.15) is 39.6 Å². The molecule has 2 aromatic rings. The number of carbonyl (C=O) groups excluding carboxylic acids is 1. The van der Waals surface area contributed by atoms with E-state index in [2.05, 4.69) is 26.2 Å². The van der Waals surface area contributed by atoms with E-state index in [-0.39, 0.29) is 11.9 Å². The lowest BCUT2D eigenvalue weighted by Gasteiger charge is -2.12. The molecule has 5 heteroatoms. The molecule has 0 saturated heterocycles. The largest absolute Gasteiger partial charge is 0.343 e. The molecule has 1 amide bonds. The van der Waals surface area contributed by atoms with Crippen LogP contribution in [0.2, 0.25) is 0 Å². The van der Waals surface area contributed by atoms with E-state index in [1.54, 1.807) is 11.3 Å². The van der Waals surface area contributed by atoms with Gasteiger partial charge in [-0.2, -0.15) is 0 Å². The molecule has 1 N–H and O–H groups in total. The molecule has 0 aliphatic carbocycles. The molecule has 2 rings (SSSR count). The fourth-order valence-electron chi connectivity index (χ4n) is 1.78. The maximum Gasteiger partial charge on any atom is 0.251 e. The minimum Gasteiger partial charge on any atom is -0.343 e. The van der Waals surface area contributed by atoms with Crippen molar-refractivity contribution >= 4 is 33.2 Å². The number of halogens is 1. The molecule has 1 aromatic carbocycles. The summed E-state index contributed by atoms with van der Waals surface area (Å²) >= 11 is 4.97. The Morgan fingerprint density at radius 3 is 2.68 bits per heavy atom. The summed E-state index contributed by atoms with van der Waals surface area (Å²) in [5, 5.41) is 5.88. The third kappa shape index (κ3) is 3.64. The van der Waals surface area contributed by atoms with Gasteiger partial charge in [-0.25, -0.2) is 4.98 Å². The van der Waals surface area contributed by atoms with Crippen LogP contribution in [0, 0.1) is 13.8 Å². The second kappa shape index (κ2) is 5.84. The summed E-state index contributed by atoms with van der Waals surface area (Å²) < 4.78 is 0.912. The summed E-state index contributed by atoms with van der Waals surface area (Å²) in [5.41, 5.74) is 2.70. The van der Waals surface area contributed by atoms with Crippen molar-refractivity contribution in [3.63, 3.8) is 0 Å². The van der Waals surface area contributed by atoms with Gasteiger partial charge >= 0.3 is 0 Å². The quantitative estimate of drug-likeness (QED) is 0.918. The van der Waals surface area contributed by atoms with E-state index in [9.17, 15) is 4.79 Å². The van der Waals surface area contributed by atoms with Crippen molar-refractivity contribution in [3.05, 3.63) is 49.9 Å². The fourth-order valence-corrected chi connectivity index (χ4v) is 3.19. The molecule has 1 aromatic heterocycles. The second-order valence-electron chi connectivity index (χ2n) is 4.54. The number of hydrogen-bond donors (Lipinski definition) is 1. The average molecular weight is 339 g/mol.